The first-order valence-electron chi connectivity index (χ1n) is 17.2. The molecule has 0 bridgehead atoms. The maximum Gasteiger partial charge on any atom is 0.410 e. The van der Waals surface area contributed by atoms with Gasteiger partial charge in [0.25, 0.3) is 5.91 Å². The predicted molar refractivity (Wildman–Crippen MR) is 188 cm³/mol. The lowest BCUT2D eigenvalue weighted by molar-refractivity contribution is -0.132. The Morgan fingerprint density at radius 2 is 1.62 bits per heavy atom. The van der Waals surface area contributed by atoms with Crippen LogP contribution in [0.1, 0.15) is 90.1 Å². The van der Waals surface area contributed by atoms with E-state index in [1.807, 2.05) is 88.6 Å². The van der Waals surface area contributed by atoms with Gasteiger partial charge in [0.1, 0.15) is 5.60 Å². The lowest BCUT2D eigenvalue weighted by Gasteiger charge is -2.45. The van der Waals surface area contributed by atoms with Gasteiger partial charge in [0, 0.05) is 56.9 Å². The van der Waals surface area contributed by atoms with Crippen molar-refractivity contribution < 1.29 is 33.3 Å². The zero-order valence-electron chi connectivity index (χ0n) is 30.5. The van der Waals surface area contributed by atoms with Crippen LogP contribution in [0, 0.1) is 0 Å². The van der Waals surface area contributed by atoms with Gasteiger partial charge < -0.3 is 33.6 Å². The topological polar surface area (TPSA) is 97.9 Å². The van der Waals surface area contributed by atoms with Crippen LogP contribution in [0.25, 0.3) is 0 Å². The molecule has 10 nitrogen and oxygen atoms in total. The molecule has 0 aromatic heterocycles. The second kappa shape index (κ2) is 18.1. The standard InChI is InChI=1S/C38H57N3O7/c1-27(2)39(35(42)24-29-14-11-10-12-15-29)21-20-31-17-18-32(26-40(31)37(44)48-38(5,6)7)41(28(3)4)36(43)30-16-19-33(46-9)34(25-30)47-23-13-22-45-8/h10-12,14-16,19,25,27-28,31-32H,13,17-18,20-24,26H2,1-9H3/t31-,32-/m1/s1. The minimum atomic E-state index is -0.680. The van der Waals surface area contributed by atoms with Crippen molar-refractivity contribution in [1.29, 1.82) is 0 Å². The first kappa shape index (κ1) is 38.7. The van der Waals surface area contributed by atoms with E-state index in [-0.39, 0.29) is 36.0 Å². The fraction of sp³-hybridized carbons (Fsp3) is 0.605. The molecule has 0 N–H and O–H groups in total. The number of ether oxygens (including phenoxy) is 4. The number of likely N-dealkylation sites (tertiary alicyclic amines) is 1. The van der Waals surface area contributed by atoms with Crippen molar-refractivity contribution in [2.75, 3.05) is 40.5 Å². The molecule has 0 spiro atoms. The Balaban J connectivity index is 1.81. The minimum absolute atomic E-state index is 0.0138. The largest absolute Gasteiger partial charge is 0.493 e. The Morgan fingerprint density at radius 3 is 2.23 bits per heavy atom. The van der Waals surface area contributed by atoms with Crippen molar-refractivity contribution in [3.05, 3.63) is 59.7 Å². The second-order valence-electron chi connectivity index (χ2n) is 14.0. The molecule has 3 rings (SSSR count). The summed E-state index contributed by atoms with van der Waals surface area (Å²) < 4.78 is 22.5. The Morgan fingerprint density at radius 1 is 0.917 bits per heavy atom. The summed E-state index contributed by atoms with van der Waals surface area (Å²) in [7, 11) is 3.22. The fourth-order valence-electron chi connectivity index (χ4n) is 6.19. The SMILES string of the molecule is COCCCOc1cc(C(=O)N(C(C)C)[C@@H]2CC[C@H](CCN(C(=O)Cc3ccccc3)C(C)C)N(C(=O)OC(C)(C)C)C2)ccc1OC. The molecule has 48 heavy (non-hydrogen) atoms. The Bertz CT molecular complexity index is 1330. The molecule has 0 aliphatic carbocycles. The quantitative estimate of drug-likeness (QED) is 0.198. The van der Waals surface area contributed by atoms with Gasteiger partial charge in [-0.05, 0) is 91.5 Å². The summed E-state index contributed by atoms with van der Waals surface area (Å²) in [5.74, 6) is 0.972. The van der Waals surface area contributed by atoms with E-state index in [0.717, 1.165) is 5.56 Å². The molecule has 1 heterocycles. The summed E-state index contributed by atoms with van der Waals surface area (Å²) in [6, 6.07) is 14.5. The van der Waals surface area contributed by atoms with Gasteiger partial charge in [0.15, 0.2) is 11.5 Å². The molecule has 2 aromatic rings. The van der Waals surface area contributed by atoms with Crippen LogP contribution >= 0.6 is 0 Å². The molecule has 0 unspecified atom stereocenters. The van der Waals surface area contributed by atoms with Gasteiger partial charge in [-0.1, -0.05) is 30.3 Å². The highest BCUT2D eigenvalue weighted by Crippen LogP contribution is 2.32. The van der Waals surface area contributed by atoms with Gasteiger partial charge in [-0.25, -0.2) is 4.79 Å². The van der Waals surface area contributed by atoms with E-state index in [1.165, 1.54) is 0 Å². The zero-order chi connectivity index (χ0) is 35.4. The summed E-state index contributed by atoms with van der Waals surface area (Å²) in [6.07, 6.45) is 2.63. The highest BCUT2D eigenvalue weighted by Gasteiger charge is 2.39. The maximum absolute atomic E-state index is 14.1. The summed E-state index contributed by atoms with van der Waals surface area (Å²) in [5.41, 5.74) is 0.784. The molecule has 1 saturated heterocycles. The van der Waals surface area contributed by atoms with E-state index < -0.39 is 11.7 Å². The smallest absolute Gasteiger partial charge is 0.410 e. The van der Waals surface area contributed by atoms with E-state index in [1.54, 1.807) is 37.3 Å². The second-order valence-corrected chi connectivity index (χ2v) is 14.0. The highest BCUT2D eigenvalue weighted by atomic mass is 16.6. The number of piperidine rings is 1. The lowest BCUT2D eigenvalue weighted by atomic mass is 9.93. The number of hydrogen-bond donors (Lipinski definition) is 0. The summed E-state index contributed by atoms with van der Waals surface area (Å²) >= 11 is 0. The maximum atomic E-state index is 14.1. The van der Waals surface area contributed by atoms with E-state index in [9.17, 15) is 14.4 Å². The predicted octanol–water partition coefficient (Wildman–Crippen LogP) is 6.60. The van der Waals surface area contributed by atoms with Crippen LogP contribution in [0.2, 0.25) is 0 Å². The number of rotatable bonds is 15. The van der Waals surface area contributed by atoms with Gasteiger partial charge in [-0.15, -0.1) is 0 Å². The van der Waals surface area contributed by atoms with Crippen molar-refractivity contribution in [1.82, 2.24) is 14.7 Å². The van der Waals surface area contributed by atoms with Crippen LogP contribution in [0.15, 0.2) is 48.5 Å². The number of hydrogen-bond acceptors (Lipinski definition) is 7. The van der Waals surface area contributed by atoms with Crippen LogP contribution in [0.4, 0.5) is 4.79 Å². The van der Waals surface area contributed by atoms with Gasteiger partial charge in [0.2, 0.25) is 5.91 Å². The number of nitrogens with zero attached hydrogens (tertiary/aromatic N) is 3. The summed E-state index contributed by atoms with van der Waals surface area (Å²) in [6.45, 7) is 15.4. The molecule has 0 radical (unpaired) electrons. The molecular formula is C38H57N3O7. The first-order valence-corrected chi connectivity index (χ1v) is 17.2. The van der Waals surface area contributed by atoms with Crippen molar-refractivity contribution in [3.8, 4) is 11.5 Å². The van der Waals surface area contributed by atoms with E-state index in [0.29, 0.717) is 75.5 Å². The van der Waals surface area contributed by atoms with Crippen LogP contribution in [-0.2, 0) is 20.7 Å². The average Bonchev–Trinajstić information content (AvgIpc) is 3.03. The first-order chi connectivity index (χ1) is 22.7. The monoisotopic (exact) mass is 667 g/mol. The molecule has 2 aromatic carbocycles. The van der Waals surface area contributed by atoms with Crippen molar-refractivity contribution in [3.63, 3.8) is 0 Å². The molecule has 1 fully saturated rings. The Kier molecular flexibility index (Phi) is 14.6. The summed E-state index contributed by atoms with van der Waals surface area (Å²) in [5, 5.41) is 0. The van der Waals surface area contributed by atoms with Crippen molar-refractivity contribution in [2.45, 2.75) is 110 Å². The molecular weight excluding hydrogens is 610 g/mol. The molecule has 0 saturated carbocycles. The van der Waals surface area contributed by atoms with Crippen LogP contribution < -0.4 is 9.47 Å². The normalized spacial score (nSPS) is 16.5. The number of carbonyl (C=O) groups is 3. The molecule has 2 atom stereocenters. The average molecular weight is 668 g/mol. The van der Waals surface area contributed by atoms with Crippen LogP contribution in [0.3, 0.4) is 0 Å². The van der Waals surface area contributed by atoms with E-state index in [2.05, 4.69) is 0 Å². The van der Waals surface area contributed by atoms with Gasteiger partial charge >= 0.3 is 6.09 Å². The van der Waals surface area contributed by atoms with E-state index in [4.69, 9.17) is 18.9 Å². The Labute approximate surface area is 287 Å². The van der Waals surface area contributed by atoms with Gasteiger partial charge in [-0.2, -0.15) is 0 Å². The molecule has 3 amide bonds. The molecule has 1 aliphatic rings. The highest BCUT2D eigenvalue weighted by molar-refractivity contribution is 5.95. The van der Waals surface area contributed by atoms with Crippen molar-refractivity contribution >= 4 is 17.9 Å². The molecule has 1 aliphatic heterocycles. The summed E-state index contributed by atoms with van der Waals surface area (Å²) in [4.78, 5) is 46.8. The molecule has 10 heteroatoms. The number of carbonyl (C=O) groups excluding carboxylic acids is 3. The number of amides is 3. The minimum Gasteiger partial charge on any atom is -0.493 e. The fourth-order valence-corrected chi connectivity index (χ4v) is 6.19. The van der Waals surface area contributed by atoms with E-state index >= 15 is 0 Å². The van der Waals surface area contributed by atoms with Crippen LogP contribution in [0.5, 0.6) is 11.5 Å². The van der Waals surface area contributed by atoms with Gasteiger partial charge in [-0.3, -0.25) is 9.59 Å². The van der Waals surface area contributed by atoms with Gasteiger partial charge in [0.05, 0.1) is 26.2 Å². The Hall–Kier alpha value is -3.79. The zero-order valence-corrected chi connectivity index (χ0v) is 30.5. The third-order valence-corrected chi connectivity index (χ3v) is 8.50. The van der Waals surface area contributed by atoms with Crippen LogP contribution in [-0.4, -0.2) is 103 Å². The number of benzene rings is 2. The lowest BCUT2D eigenvalue weighted by Crippen LogP contribution is -2.58. The molecule has 266 valence electrons. The third kappa shape index (κ3) is 11.1. The number of methoxy groups -OCH3 is 2. The third-order valence-electron chi connectivity index (χ3n) is 8.50. The van der Waals surface area contributed by atoms with Crippen molar-refractivity contribution in [2.24, 2.45) is 0 Å².